The van der Waals surface area contributed by atoms with E-state index >= 15 is 0 Å². The average Bonchev–Trinajstić information content (AvgIpc) is 2.71. The molecule has 0 aromatic heterocycles. The Morgan fingerprint density at radius 2 is 1.72 bits per heavy atom. The van der Waals surface area contributed by atoms with Crippen LogP contribution in [0.4, 0.5) is 0 Å². The number of hydrazine groups is 1. The van der Waals surface area contributed by atoms with Crippen LogP contribution in [0.5, 0.6) is 17.2 Å². The molecule has 0 aliphatic rings. The van der Waals surface area contributed by atoms with Gasteiger partial charge < -0.3 is 14.2 Å². The molecule has 156 valence electrons. The Morgan fingerprint density at radius 1 is 0.966 bits per heavy atom. The van der Waals surface area contributed by atoms with Crippen LogP contribution in [0.3, 0.4) is 0 Å². The predicted octanol–water partition coefficient (Wildman–Crippen LogP) is 3.21. The van der Waals surface area contributed by atoms with Crippen LogP contribution < -0.4 is 25.1 Å². The van der Waals surface area contributed by atoms with Crippen molar-refractivity contribution in [3.63, 3.8) is 0 Å². The monoisotopic (exact) mass is 420 g/mol. The molecule has 2 aromatic rings. The first-order valence-electron chi connectivity index (χ1n) is 9.10. The average molecular weight is 421 g/mol. The number of carbonyl (C=O) groups excluding carboxylic acids is 2. The van der Waals surface area contributed by atoms with E-state index in [1.807, 2.05) is 13.0 Å². The summed E-state index contributed by atoms with van der Waals surface area (Å²) in [6, 6.07) is 10.6. The molecule has 0 aliphatic carbocycles. The van der Waals surface area contributed by atoms with Gasteiger partial charge in [-0.1, -0.05) is 17.7 Å². The maximum absolute atomic E-state index is 12.1. The number of halogens is 1. The highest BCUT2D eigenvalue weighted by molar-refractivity contribution is 6.30. The van der Waals surface area contributed by atoms with Crippen LogP contribution in [0.1, 0.15) is 24.0 Å². The van der Waals surface area contributed by atoms with Crippen molar-refractivity contribution in [3.05, 3.63) is 52.5 Å². The van der Waals surface area contributed by atoms with E-state index in [9.17, 15) is 9.59 Å². The Morgan fingerprint density at radius 3 is 2.41 bits per heavy atom. The number of hydrogen-bond donors (Lipinski definition) is 2. The fraction of sp³-hybridized carbons (Fsp3) is 0.333. The van der Waals surface area contributed by atoms with Gasteiger partial charge in [-0.15, -0.1) is 0 Å². The van der Waals surface area contributed by atoms with Crippen molar-refractivity contribution < 1.29 is 23.8 Å². The zero-order valence-electron chi connectivity index (χ0n) is 16.7. The van der Waals surface area contributed by atoms with Crippen molar-refractivity contribution in [1.29, 1.82) is 0 Å². The Kier molecular flexibility index (Phi) is 8.61. The van der Waals surface area contributed by atoms with E-state index in [4.69, 9.17) is 25.8 Å². The van der Waals surface area contributed by atoms with Gasteiger partial charge in [-0.2, -0.15) is 0 Å². The van der Waals surface area contributed by atoms with E-state index in [0.717, 1.165) is 11.3 Å². The summed E-state index contributed by atoms with van der Waals surface area (Å²) < 4.78 is 16.0. The highest BCUT2D eigenvalue weighted by Crippen LogP contribution is 2.25. The van der Waals surface area contributed by atoms with Gasteiger partial charge in [-0.05, 0) is 43.2 Å². The van der Waals surface area contributed by atoms with Crippen LogP contribution in [0.25, 0.3) is 0 Å². The van der Waals surface area contributed by atoms with Gasteiger partial charge in [0.1, 0.15) is 17.2 Å². The Balaban J connectivity index is 1.70. The topological polar surface area (TPSA) is 85.9 Å². The van der Waals surface area contributed by atoms with Crippen molar-refractivity contribution in [2.24, 2.45) is 0 Å². The molecule has 2 N–H and O–H groups in total. The van der Waals surface area contributed by atoms with Gasteiger partial charge in [-0.25, -0.2) is 0 Å². The molecule has 0 fully saturated rings. The van der Waals surface area contributed by atoms with E-state index in [-0.39, 0.29) is 24.7 Å². The number of carbonyl (C=O) groups is 2. The third kappa shape index (κ3) is 7.19. The molecule has 0 heterocycles. The number of nitrogens with one attached hydrogen (secondary N) is 2. The molecule has 0 saturated heterocycles. The molecule has 2 amide bonds. The van der Waals surface area contributed by atoms with Crippen molar-refractivity contribution in [1.82, 2.24) is 10.9 Å². The lowest BCUT2D eigenvalue weighted by molar-refractivity contribution is -0.128. The summed E-state index contributed by atoms with van der Waals surface area (Å²) in [6.07, 6.45) is 0.793. The Hall–Kier alpha value is -2.93. The van der Waals surface area contributed by atoms with Gasteiger partial charge in [0.25, 0.3) is 0 Å². The molecule has 0 radical (unpaired) electrons. The van der Waals surface area contributed by atoms with Crippen LogP contribution in [0, 0.1) is 6.92 Å². The summed E-state index contributed by atoms with van der Waals surface area (Å²) in [5, 5.41) is 0.650. The molecule has 29 heavy (non-hydrogen) atoms. The molecule has 0 saturated carbocycles. The van der Waals surface area contributed by atoms with Gasteiger partial charge in [0, 0.05) is 23.1 Å². The first kappa shape index (κ1) is 22.4. The quantitative estimate of drug-likeness (QED) is 0.480. The smallest absolute Gasteiger partial charge is 0.242 e. The fourth-order valence-corrected chi connectivity index (χ4v) is 2.83. The van der Waals surface area contributed by atoms with E-state index in [0.29, 0.717) is 35.1 Å². The van der Waals surface area contributed by atoms with Crippen LogP contribution in [0.15, 0.2) is 36.4 Å². The minimum absolute atomic E-state index is 0.0619. The predicted molar refractivity (Wildman–Crippen MR) is 110 cm³/mol. The summed E-state index contributed by atoms with van der Waals surface area (Å²) in [5.74, 6) is 1.26. The minimum Gasteiger partial charge on any atom is -0.497 e. The van der Waals surface area contributed by atoms with Gasteiger partial charge in [0.2, 0.25) is 11.8 Å². The molecule has 0 spiro atoms. The maximum Gasteiger partial charge on any atom is 0.242 e. The third-order valence-corrected chi connectivity index (χ3v) is 4.36. The number of ether oxygens (including phenoxy) is 3. The second-order valence-electron chi connectivity index (χ2n) is 6.31. The lowest BCUT2D eigenvalue weighted by Gasteiger charge is -2.12. The number of hydrogen-bond acceptors (Lipinski definition) is 5. The first-order valence-corrected chi connectivity index (χ1v) is 9.48. The molecular formula is C21H25ClN2O5. The molecule has 0 bridgehead atoms. The lowest BCUT2D eigenvalue weighted by Crippen LogP contribution is -2.42. The maximum atomic E-state index is 12.1. The first-order chi connectivity index (χ1) is 13.9. The number of methoxy groups -OCH3 is 2. The summed E-state index contributed by atoms with van der Waals surface area (Å²) in [6.45, 7) is 2.29. The largest absolute Gasteiger partial charge is 0.497 e. The van der Waals surface area contributed by atoms with Crippen LogP contribution >= 0.6 is 11.6 Å². The molecule has 0 atom stereocenters. The van der Waals surface area contributed by atoms with Gasteiger partial charge in [-0.3, -0.25) is 20.4 Å². The normalized spacial score (nSPS) is 10.2. The summed E-state index contributed by atoms with van der Waals surface area (Å²) >= 11 is 5.91. The van der Waals surface area contributed by atoms with Crippen molar-refractivity contribution >= 4 is 23.4 Å². The number of aryl methyl sites for hydroxylation is 1. The molecule has 7 nitrogen and oxygen atoms in total. The SMILES string of the molecule is COc1ccc(CC(=O)NNC(=O)CCCOc2ccc(Cl)cc2C)c(OC)c1. The molecule has 8 heteroatoms. The second kappa shape index (κ2) is 11.2. The van der Waals surface area contributed by atoms with Gasteiger partial charge in [0.15, 0.2) is 0 Å². The van der Waals surface area contributed by atoms with Crippen molar-refractivity contribution in [2.75, 3.05) is 20.8 Å². The summed E-state index contributed by atoms with van der Waals surface area (Å²) in [5.41, 5.74) is 6.43. The third-order valence-electron chi connectivity index (χ3n) is 4.13. The fourth-order valence-electron chi connectivity index (χ4n) is 2.61. The standard InChI is InChI=1S/C21H25ClN2O5/c1-14-11-16(22)7-9-18(14)29-10-4-5-20(25)23-24-21(26)12-15-6-8-17(27-2)13-19(15)28-3/h6-9,11,13H,4-5,10,12H2,1-3H3,(H,23,25)(H,24,26). The second-order valence-corrected chi connectivity index (χ2v) is 6.75. The van der Waals surface area contributed by atoms with E-state index in [1.165, 1.54) is 7.11 Å². The summed E-state index contributed by atoms with van der Waals surface area (Å²) in [7, 11) is 3.07. The van der Waals surface area contributed by atoms with Crippen LogP contribution in [-0.4, -0.2) is 32.6 Å². The van der Waals surface area contributed by atoms with Gasteiger partial charge >= 0.3 is 0 Å². The van der Waals surface area contributed by atoms with E-state index in [1.54, 1.807) is 37.4 Å². The highest BCUT2D eigenvalue weighted by atomic mass is 35.5. The Labute approximate surface area is 175 Å². The number of amides is 2. The zero-order valence-corrected chi connectivity index (χ0v) is 17.5. The number of benzene rings is 2. The van der Waals surface area contributed by atoms with Crippen molar-refractivity contribution in [2.45, 2.75) is 26.2 Å². The molecule has 0 unspecified atom stereocenters. The van der Waals surface area contributed by atoms with Gasteiger partial charge in [0.05, 0.1) is 27.2 Å². The molecule has 2 aromatic carbocycles. The highest BCUT2D eigenvalue weighted by Gasteiger charge is 2.11. The zero-order chi connectivity index (χ0) is 21.2. The van der Waals surface area contributed by atoms with Crippen LogP contribution in [-0.2, 0) is 16.0 Å². The Bertz CT molecular complexity index is 857. The van der Waals surface area contributed by atoms with Crippen LogP contribution in [0.2, 0.25) is 5.02 Å². The lowest BCUT2D eigenvalue weighted by atomic mass is 10.1. The molecular weight excluding hydrogens is 396 g/mol. The van der Waals surface area contributed by atoms with E-state index in [2.05, 4.69) is 10.9 Å². The minimum atomic E-state index is -0.352. The summed E-state index contributed by atoms with van der Waals surface area (Å²) in [4.78, 5) is 24.0. The van der Waals surface area contributed by atoms with Crippen molar-refractivity contribution in [3.8, 4) is 17.2 Å². The molecule has 0 aliphatic heterocycles. The number of rotatable bonds is 9. The molecule has 2 rings (SSSR count). The van der Waals surface area contributed by atoms with E-state index < -0.39 is 0 Å².